The van der Waals surface area contributed by atoms with E-state index in [2.05, 4.69) is 20.6 Å². The number of carbonyl (C=O) groups excluding carboxylic acids is 1. The van der Waals surface area contributed by atoms with E-state index in [9.17, 15) is 22.4 Å². The molecule has 0 bridgehead atoms. The van der Waals surface area contributed by atoms with E-state index in [-0.39, 0.29) is 28.7 Å². The van der Waals surface area contributed by atoms with Gasteiger partial charge in [0.25, 0.3) is 5.91 Å². The first kappa shape index (κ1) is 18.3. The molecule has 0 saturated heterocycles. The molecule has 3 rings (SSSR count). The van der Waals surface area contributed by atoms with Crippen LogP contribution in [0.4, 0.5) is 34.8 Å². The molecule has 0 aliphatic heterocycles. The lowest BCUT2D eigenvalue weighted by atomic mass is 10.2. The third kappa shape index (κ3) is 4.38. The molecule has 0 radical (unpaired) electrons. The zero-order valence-electron chi connectivity index (χ0n) is 13.9. The van der Waals surface area contributed by atoms with Gasteiger partial charge < -0.3 is 10.6 Å². The van der Waals surface area contributed by atoms with Gasteiger partial charge in [0.15, 0.2) is 23.3 Å². The van der Waals surface area contributed by atoms with E-state index in [0.29, 0.717) is 0 Å². The van der Waals surface area contributed by atoms with Crippen molar-refractivity contribution >= 4 is 23.1 Å². The molecule has 0 unspecified atom stereocenters. The van der Waals surface area contributed by atoms with Gasteiger partial charge in [-0.25, -0.2) is 27.5 Å². The summed E-state index contributed by atoms with van der Waals surface area (Å²) in [4.78, 5) is 20.4. The number of anilines is 3. The normalized spacial score (nSPS) is 10.6. The van der Waals surface area contributed by atoms with Crippen LogP contribution < -0.4 is 10.6 Å². The maximum atomic E-state index is 13.3. The zero-order chi connectivity index (χ0) is 19.6. The topological polar surface area (TPSA) is 66.9 Å². The lowest BCUT2D eigenvalue weighted by molar-refractivity contribution is 0.102. The van der Waals surface area contributed by atoms with Crippen LogP contribution in [0.5, 0.6) is 0 Å². The molecular formula is C18H12F4N4O. The Kier molecular flexibility index (Phi) is 5.02. The molecule has 2 aromatic carbocycles. The predicted molar refractivity (Wildman–Crippen MR) is 90.7 cm³/mol. The summed E-state index contributed by atoms with van der Waals surface area (Å²) in [5.74, 6) is -4.45. The van der Waals surface area contributed by atoms with E-state index < -0.39 is 29.2 Å². The zero-order valence-corrected chi connectivity index (χ0v) is 13.9. The summed E-state index contributed by atoms with van der Waals surface area (Å²) in [6.45, 7) is 1.53. The Bertz CT molecular complexity index is 1030. The molecule has 9 heteroatoms. The molecule has 1 heterocycles. The predicted octanol–water partition coefficient (Wildman–Crippen LogP) is 4.34. The van der Waals surface area contributed by atoms with E-state index >= 15 is 0 Å². The average molecular weight is 376 g/mol. The van der Waals surface area contributed by atoms with Gasteiger partial charge in [0.05, 0.1) is 0 Å². The Balaban J connectivity index is 1.82. The van der Waals surface area contributed by atoms with Crippen molar-refractivity contribution < 1.29 is 22.4 Å². The summed E-state index contributed by atoms with van der Waals surface area (Å²) in [5, 5.41) is 5.13. The molecule has 2 N–H and O–H groups in total. The minimum Gasteiger partial charge on any atom is -0.340 e. The lowest BCUT2D eigenvalue weighted by Crippen LogP contribution is -2.15. The molecule has 0 fully saturated rings. The van der Waals surface area contributed by atoms with Crippen LogP contribution in [0.2, 0.25) is 0 Å². The molecule has 27 heavy (non-hydrogen) atoms. The molecule has 5 nitrogen and oxygen atoms in total. The monoisotopic (exact) mass is 376 g/mol. The first-order valence-electron chi connectivity index (χ1n) is 7.66. The summed E-state index contributed by atoms with van der Waals surface area (Å²) in [6.07, 6.45) is 0. The minimum atomic E-state index is -1.10. The van der Waals surface area contributed by atoms with Crippen LogP contribution in [0.3, 0.4) is 0 Å². The highest BCUT2D eigenvalue weighted by Gasteiger charge is 2.13. The number of carbonyl (C=O) groups is 1. The fourth-order valence-electron chi connectivity index (χ4n) is 2.24. The number of nitrogens with one attached hydrogen (secondary N) is 2. The van der Waals surface area contributed by atoms with Gasteiger partial charge in [0.1, 0.15) is 17.3 Å². The van der Waals surface area contributed by atoms with Crippen LogP contribution in [-0.4, -0.2) is 15.9 Å². The number of rotatable bonds is 4. The number of amides is 1. The third-order valence-electron chi connectivity index (χ3n) is 3.44. The van der Waals surface area contributed by atoms with E-state index in [4.69, 9.17) is 0 Å². The van der Waals surface area contributed by atoms with Crippen LogP contribution in [0.15, 0.2) is 42.5 Å². The Morgan fingerprint density at radius 1 is 0.815 bits per heavy atom. The SMILES string of the molecule is Cc1nc(Nc2ccc(F)c(F)c2)cc(C(=O)Nc2ccc(F)c(F)c2)n1. The largest absolute Gasteiger partial charge is 0.340 e. The second-order valence-corrected chi connectivity index (χ2v) is 5.52. The van der Waals surface area contributed by atoms with Gasteiger partial charge in [-0.15, -0.1) is 0 Å². The molecule has 0 saturated carbocycles. The van der Waals surface area contributed by atoms with Crippen LogP contribution >= 0.6 is 0 Å². The highest BCUT2D eigenvalue weighted by Crippen LogP contribution is 2.19. The summed E-state index contributed by atoms with van der Waals surface area (Å²) in [6, 6.07) is 7.38. The highest BCUT2D eigenvalue weighted by atomic mass is 19.2. The van der Waals surface area contributed by atoms with Crippen molar-refractivity contribution in [3.8, 4) is 0 Å². The second kappa shape index (κ2) is 7.40. The number of halogens is 4. The smallest absolute Gasteiger partial charge is 0.274 e. The van der Waals surface area contributed by atoms with Gasteiger partial charge in [-0.1, -0.05) is 0 Å². The average Bonchev–Trinajstić information content (AvgIpc) is 2.61. The summed E-state index contributed by atoms with van der Waals surface area (Å²) in [7, 11) is 0. The first-order chi connectivity index (χ1) is 12.8. The third-order valence-corrected chi connectivity index (χ3v) is 3.44. The Morgan fingerprint density at radius 2 is 1.41 bits per heavy atom. The number of benzene rings is 2. The van der Waals surface area contributed by atoms with Gasteiger partial charge in [-0.2, -0.15) is 0 Å². The molecular weight excluding hydrogens is 364 g/mol. The number of nitrogens with zero attached hydrogens (tertiary/aromatic N) is 2. The molecule has 0 spiro atoms. The molecule has 1 amide bonds. The summed E-state index contributed by atoms with van der Waals surface area (Å²) in [5.41, 5.74) is 0.210. The molecule has 0 aliphatic rings. The summed E-state index contributed by atoms with van der Waals surface area (Å²) >= 11 is 0. The van der Waals surface area contributed by atoms with Gasteiger partial charge in [0, 0.05) is 29.6 Å². The van der Waals surface area contributed by atoms with Crippen molar-refractivity contribution in [3.63, 3.8) is 0 Å². The van der Waals surface area contributed by atoms with Crippen LogP contribution in [0.25, 0.3) is 0 Å². The second-order valence-electron chi connectivity index (χ2n) is 5.52. The van der Waals surface area contributed by atoms with Crippen LogP contribution in [-0.2, 0) is 0 Å². The van der Waals surface area contributed by atoms with Crippen LogP contribution in [0, 0.1) is 30.2 Å². The molecule has 3 aromatic rings. The molecule has 0 atom stereocenters. The fraction of sp³-hybridized carbons (Fsp3) is 0.0556. The Labute approximate surface area is 151 Å². The number of hydrogen-bond acceptors (Lipinski definition) is 4. The molecule has 0 aliphatic carbocycles. The van der Waals surface area contributed by atoms with E-state index in [1.165, 1.54) is 25.1 Å². The number of hydrogen-bond donors (Lipinski definition) is 2. The fourth-order valence-corrected chi connectivity index (χ4v) is 2.24. The van der Waals surface area contributed by atoms with Crippen molar-refractivity contribution in [2.45, 2.75) is 6.92 Å². The Morgan fingerprint density at radius 3 is 2.04 bits per heavy atom. The molecule has 1 aromatic heterocycles. The Hall–Kier alpha value is -3.49. The maximum absolute atomic E-state index is 13.3. The van der Waals surface area contributed by atoms with Crippen molar-refractivity contribution in [2.75, 3.05) is 10.6 Å². The van der Waals surface area contributed by atoms with Crippen LogP contribution in [0.1, 0.15) is 16.3 Å². The van der Waals surface area contributed by atoms with Gasteiger partial charge in [0.2, 0.25) is 0 Å². The van der Waals surface area contributed by atoms with Gasteiger partial charge in [-0.3, -0.25) is 4.79 Å². The first-order valence-corrected chi connectivity index (χ1v) is 7.66. The van der Waals surface area contributed by atoms with E-state index in [1.807, 2.05) is 0 Å². The summed E-state index contributed by atoms with van der Waals surface area (Å²) < 4.78 is 52.5. The van der Waals surface area contributed by atoms with Gasteiger partial charge >= 0.3 is 0 Å². The van der Waals surface area contributed by atoms with E-state index in [1.54, 1.807) is 0 Å². The standard InChI is InChI=1S/C18H12F4N4O/c1-9-23-16(18(27)26-11-3-5-13(20)15(22)7-11)8-17(24-9)25-10-2-4-12(19)14(21)6-10/h2-8H,1H3,(H,26,27)(H,23,24,25). The van der Waals surface area contributed by atoms with Gasteiger partial charge in [-0.05, 0) is 31.2 Å². The van der Waals surface area contributed by atoms with Crippen molar-refractivity contribution in [3.05, 3.63) is 77.3 Å². The van der Waals surface area contributed by atoms with Crippen molar-refractivity contribution in [2.24, 2.45) is 0 Å². The van der Waals surface area contributed by atoms with Crippen molar-refractivity contribution in [1.82, 2.24) is 9.97 Å². The molecule has 138 valence electrons. The minimum absolute atomic E-state index is 0.0466. The highest BCUT2D eigenvalue weighted by molar-refractivity contribution is 6.03. The van der Waals surface area contributed by atoms with E-state index in [0.717, 1.165) is 24.3 Å². The number of aryl methyl sites for hydroxylation is 1. The van der Waals surface area contributed by atoms with Crippen molar-refractivity contribution in [1.29, 1.82) is 0 Å². The quantitative estimate of drug-likeness (QED) is 0.665. The lowest BCUT2D eigenvalue weighted by Gasteiger charge is -2.10. The maximum Gasteiger partial charge on any atom is 0.274 e. The number of aromatic nitrogens is 2.